The van der Waals surface area contributed by atoms with Gasteiger partial charge in [0, 0.05) is 19.4 Å². The number of rotatable bonds is 3. The van der Waals surface area contributed by atoms with Gasteiger partial charge in [-0.15, -0.1) is 0 Å². The Morgan fingerprint density at radius 1 is 1.23 bits per heavy atom. The molecule has 26 heavy (non-hydrogen) atoms. The number of nitrogens with one attached hydrogen (secondary N) is 1. The minimum absolute atomic E-state index is 0.186. The van der Waals surface area contributed by atoms with Crippen molar-refractivity contribution in [1.82, 2.24) is 24.3 Å². The van der Waals surface area contributed by atoms with E-state index < -0.39 is 0 Å². The number of hydrogen-bond acceptors (Lipinski definition) is 4. The Morgan fingerprint density at radius 2 is 2.04 bits per heavy atom. The number of aryl methyl sites for hydroxylation is 1. The number of aromatic amines is 1. The molecule has 1 amide bonds. The summed E-state index contributed by atoms with van der Waals surface area (Å²) in [6.45, 7) is 2.16. The lowest BCUT2D eigenvalue weighted by atomic mass is 10.2. The number of aromatic nitrogens is 4. The maximum absolute atomic E-state index is 12.7. The number of imidazole rings is 1. The number of pyridine rings is 1. The Labute approximate surface area is 148 Å². The summed E-state index contributed by atoms with van der Waals surface area (Å²) in [5.74, 6) is 0.200. The van der Waals surface area contributed by atoms with Gasteiger partial charge in [-0.25, -0.2) is 9.97 Å². The SMILES string of the molecule is Cc1ccn2cc(C(=O)N(C)Cc3nc4ccccc4c(=O)[nH]3)nc2c1. The van der Waals surface area contributed by atoms with Crippen LogP contribution in [0, 0.1) is 6.92 Å². The summed E-state index contributed by atoms with van der Waals surface area (Å²) in [4.78, 5) is 37.9. The Kier molecular flexibility index (Phi) is 3.76. The molecule has 0 saturated carbocycles. The maximum atomic E-state index is 12.7. The molecule has 0 aliphatic rings. The molecule has 0 saturated heterocycles. The van der Waals surface area contributed by atoms with Crippen LogP contribution in [0.1, 0.15) is 21.9 Å². The molecule has 7 heteroatoms. The van der Waals surface area contributed by atoms with E-state index in [0.717, 1.165) is 11.2 Å². The van der Waals surface area contributed by atoms with Crippen molar-refractivity contribution in [2.45, 2.75) is 13.5 Å². The molecule has 0 unspecified atom stereocenters. The first-order valence-electron chi connectivity index (χ1n) is 8.20. The molecule has 130 valence electrons. The van der Waals surface area contributed by atoms with Gasteiger partial charge in [0.1, 0.15) is 17.2 Å². The Hall–Kier alpha value is -3.48. The van der Waals surface area contributed by atoms with E-state index in [0.29, 0.717) is 22.4 Å². The smallest absolute Gasteiger partial charge is 0.274 e. The zero-order chi connectivity index (χ0) is 18.3. The van der Waals surface area contributed by atoms with Crippen molar-refractivity contribution in [2.24, 2.45) is 0 Å². The van der Waals surface area contributed by atoms with Crippen LogP contribution in [0.2, 0.25) is 0 Å². The molecular formula is C19H17N5O2. The molecule has 0 fully saturated rings. The molecule has 4 rings (SSSR count). The van der Waals surface area contributed by atoms with Gasteiger partial charge in [0.15, 0.2) is 0 Å². The van der Waals surface area contributed by atoms with E-state index >= 15 is 0 Å². The van der Waals surface area contributed by atoms with Gasteiger partial charge >= 0.3 is 0 Å². The standard InChI is InChI=1S/C19H17N5O2/c1-12-7-8-24-10-15(21-17(24)9-12)19(26)23(2)11-16-20-14-6-4-3-5-13(14)18(25)22-16/h3-10H,11H2,1-2H3,(H,20,22,25). The Balaban J connectivity index is 1.61. The highest BCUT2D eigenvalue weighted by atomic mass is 16.2. The highest BCUT2D eigenvalue weighted by molar-refractivity contribution is 5.92. The monoisotopic (exact) mass is 347 g/mol. The van der Waals surface area contributed by atoms with Crippen LogP contribution in [0.25, 0.3) is 16.6 Å². The molecule has 1 N–H and O–H groups in total. The average Bonchev–Trinajstić information content (AvgIpc) is 3.04. The summed E-state index contributed by atoms with van der Waals surface area (Å²) in [5.41, 5.74) is 2.54. The van der Waals surface area contributed by atoms with Crippen molar-refractivity contribution in [3.05, 3.63) is 76.2 Å². The third kappa shape index (κ3) is 2.83. The van der Waals surface area contributed by atoms with Crippen molar-refractivity contribution in [3.8, 4) is 0 Å². The van der Waals surface area contributed by atoms with Gasteiger partial charge in [-0.3, -0.25) is 9.59 Å². The van der Waals surface area contributed by atoms with Crippen LogP contribution in [-0.2, 0) is 6.54 Å². The van der Waals surface area contributed by atoms with E-state index in [9.17, 15) is 9.59 Å². The average molecular weight is 347 g/mol. The number of carbonyl (C=O) groups excluding carboxylic acids is 1. The van der Waals surface area contributed by atoms with E-state index in [1.807, 2.05) is 35.7 Å². The van der Waals surface area contributed by atoms with Gasteiger partial charge in [0.05, 0.1) is 17.4 Å². The predicted molar refractivity (Wildman–Crippen MR) is 98.1 cm³/mol. The molecule has 3 aromatic heterocycles. The van der Waals surface area contributed by atoms with Crippen molar-refractivity contribution >= 4 is 22.5 Å². The maximum Gasteiger partial charge on any atom is 0.274 e. The van der Waals surface area contributed by atoms with Crippen molar-refractivity contribution in [2.75, 3.05) is 7.05 Å². The second-order valence-corrected chi connectivity index (χ2v) is 6.29. The number of benzene rings is 1. The predicted octanol–water partition coefficient (Wildman–Crippen LogP) is 2.15. The topological polar surface area (TPSA) is 83.4 Å². The van der Waals surface area contributed by atoms with E-state index in [4.69, 9.17) is 0 Å². The first kappa shape index (κ1) is 16.0. The minimum Gasteiger partial charge on any atom is -0.333 e. The first-order valence-corrected chi connectivity index (χ1v) is 8.20. The van der Waals surface area contributed by atoms with Gasteiger partial charge in [-0.05, 0) is 36.8 Å². The fourth-order valence-corrected chi connectivity index (χ4v) is 2.89. The zero-order valence-electron chi connectivity index (χ0n) is 14.4. The number of H-pyrrole nitrogens is 1. The lowest BCUT2D eigenvalue weighted by Gasteiger charge is -2.15. The highest BCUT2D eigenvalue weighted by Gasteiger charge is 2.17. The summed E-state index contributed by atoms with van der Waals surface area (Å²) in [5, 5.41) is 0.529. The molecule has 0 aliphatic heterocycles. The molecule has 4 aromatic rings. The van der Waals surface area contributed by atoms with Crippen LogP contribution < -0.4 is 5.56 Å². The number of nitrogens with zero attached hydrogens (tertiary/aromatic N) is 4. The van der Waals surface area contributed by atoms with Gasteiger partial charge < -0.3 is 14.3 Å². The fourth-order valence-electron chi connectivity index (χ4n) is 2.89. The number of fused-ring (bicyclic) bond motifs is 2. The first-order chi connectivity index (χ1) is 12.5. The third-order valence-corrected chi connectivity index (χ3v) is 4.23. The molecule has 0 atom stereocenters. The fraction of sp³-hybridized carbons (Fsp3) is 0.158. The molecule has 7 nitrogen and oxygen atoms in total. The van der Waals surface area contributed by atoms with Gasteiger partial charge in [-0.2, -0.15) is 0 Å². The molecule has 0 aliphatic carbocycles. The zero-order valence-corrected chi connectivity index (χ0v) is 14.4. The molecular weight excluding hydrogens is 330 g/mol. The Morgan fingerprint density at radius 3 is 2.88 bits per heavy atom. The van der Waals surface area contributed by atoms with Crippen LogP contribution >= 0.6 is 0 Å². The van der Waals surface area contributed by atoms with Crippen molar-refractivity contribution < 1.29 is 4.79 Å². The Bertz CT molecular complexity index is 1190. The van der Waals surface area contributed by atoms with Crippen molar-refractivity contribution in [3.63, 3.8) is 0 Å². The second-order valence-electron chi connectivity index (χ2n) is 6.29. The molecule has 3 heterocycles. The summed E-state index contributed by atoms with van der Waals surface area (Å²) in [7, 11) is 1.66. The largest absolute Gasteiger partial charge is 0.333 e. The number of carbonyl (C=O) groups is 1. The third-order valence-electron chi connectivity index (χ3n) is 4.23. The van der Waals surface area contributed by atoms with Crippen LogP contribution in [-0.4, -0.2) is 37.2 Å². The molecule has 1 aromatic carbocycles. The summed E-state index contributed by atoms with van der Waals surface area (Å²) in [6, 6.07) is 11.0. The molecule has 0 spiro atoms. The van der Waals surface area contributed by atoms with E-state index in [1.165, 1.54) is 4.90 Å². The summed E-state index contributed by atoms with van der Waals surface area (Å²) >= 11 is 0. The number of para-hydroxylation sites is 1. The van der Waals surface area contributed by atoms with E-state index in [-0.39, 0.29) is 18.0 Å². The lowest BCUT2D eigenvalue weighted by Crippen LogP contribution is -2.28. The van der Waals surface area contributed by atoms with Crippen LogP contribution in [0.5, 0.6) is 0 Å². The van der Waals surface area contributed by atoms with Crippen LogP contribution in [0.4, 0.5) is 0 Å². The lowest BCUT2D eigenvalue weighted by molar-refractivity contribution is 0.0776. The molecule has 0 bridgehead atoms. The normalized spacial score (nSPS) is 11.2. The number of amides is 1. The highest BCUT2D eigenvalue weighted by Crippen LogP contribution is 2.11. The minimum atomic E-state index is -0.234. The van der Waals surface area contributed by atoms with E-state index in [1.54, 1.807) is 31.4 Å². The quantitative estimate of drug-likeness (QED) is 0.615. The second kappa shape index (κ2) is 6.11. The molecule has 0 radical (unpaired) electrons. The van der Waals surface area contributed by atoms with Crippen LogP contribution in [0.15, 0.2) is 53.6 Å². The van der Waals surface area contributed by atoms with Gasteiger partial charge in [0.2, 0.25) is 0 Å². The summed E-state index contributed by atoms with van der Waals surface area (Å²) < 4.78 is 1.81. The van der Waals surface area contributed by atoms with Gasteiger partial charge in [0.25, 0.3) is 11.5 Å². The van der Waals surface area contributed by atoms with Gasteiger partial charge in [-0.1, -0.05) is 12.1 Å². The summed E-state index contributed by atoms with van der Waals surface area (Å²) in [6.07, 6.45) is 3.57. The van der Waals surface area contributed by atoms with Crippen molar-refractivity contribution in [1.29, 1.82) is 0 Å². The van der Waals surface area contributed by atoms with Crippen LogP contribution in [0.3, 0.4) is 0 Å². The van der Waals surface area contributed by atoms with E-state index in [2.05, 4.69) is 15.0 Å². The number of hydrogen-bond donors (Lipinski definition) is 1.